The largest absolute Gasteiger partial charge is 0.490 e. The van der Waals surface area contributed by atoms with E-state index in [9.17, 15) is 4.79 Å². The summed E-state index contributed by atoms with van der Waals surface area (Å²) in [7, 11) is 1.48. The molecule has 4 rings (SSSR count). The van der Waals surface area contributed by atoms with E-state index >= 15 is 0 Å². The number of ether oxygens (including phenoxy) is 1. The molecule has 2 aromatic carbocycles. The van der Waals surface area contributed by atoms with Gasteiger partial charge in [0.2, 0.25) is 11.7 Å². The molecule has 0 saturated heterocycles. The lowest BCUT2D eigenvalue weighted by molar-refractivity contribution is 0.402. The van der Waals surface area contributed by atoms with Gasteiger partial charge in [0.05, 0.1) is 19.9 Å². The third-order valence-electron chi connectivity index (χ3n) is 4.81. The first kappa shape index (κ1) is 18.6. The SMILES string of the molecule is COc1cn(Cc2ccccc2)c(Nc2cccc(-n3cccc3)c2C)nc1=O. The Balaban J connectivity index is 1.74. The Hall–Kier alpha value is -3.80. The molecular weight excluding hydrogens is 364 g/mol. The number of benzene rings is 2. The zero-order valence-electron chi connectivity index (χ0n) is 16.4. The van der Waals surface area contributed by atoms with E-state index in [0.29, 0.717) is 12.5 Å². The Bertz CT molecular complexity index is 1170. The van der Waals surface area contributed by atoms with Crippen molar-refractivity contribution in [1.82, 2.24) is 14.1 Å². The summed E-state index contributed by atoms with van der Waals surface area (Å²) in [5.41, 5.74) is 3.69. The smallest absolute Gasteiger partial charge is 0.316 e. The molecule has 0 aliphatic carbocycles. The van der Waals surface area contributed by atoms with Crippen LogP contribution in [0.3, 0.4) is 0 Å². The van der Waals surface area contributed by atoms with Crippen molar-refractivity contribution in [3.05, 3.63) is 101 Å². The highest BCUT2D eigenvalue weighted by Gasteiger charge is 2.12. The quantitative estimate of drug-likeness (QED) is 0.541. The second-order valence-corrected chi connectivity index (χ2v) is 6.72. The maximum Gasteiger partial charge on any atom is 0.316 e. The van der Waals surface area contributed by atoms with Crippen LogP contribution in [0.15, 0.2) is 84.0 Å². The van der Waals surface area contributed by atoms with Gasteiger partial charge in [-0.05, 0) is 42.3 Å². The normalized spacial score (nSPS) is 10.7. The van der Waals surface area contributed by atoms with Crippen molar-refractivity contribution >= 4 is 11.6 Å². The van der Waals surface area contributed by atoms with E-state index in [1.165, 1.54) is 7.11 Å². The predicted molar refractivity (Wildman–Crippen MR) is 114 cm³/mol. The van der Waals surface area contributed by atoms with Crippen molar-refractivity contribution < 1.29 is 4.74 Å². The molecule has 2 heterocycles. The molecule has 0 atom stereocenters. The Morgan fingerprint density at radius 1 is 1.00 bits per heavy atom. The van der Waals surface area contributed by atoms with Crippen LogP contribution in [-0.2, 0) is 6.54 Å². The van der Waals surface area contributed by atoms with Crippen LogP contribution in [0.25, 0.3) is 5.69 Å². The van der Waals surface area contributed by atoms with Gasteiger partial charge in [0.15, 0.2) is 0 Å². The number of methoxy groups -OCH3 is 1. The van der Waals surface area contributed by atoms with Crippen LogP contribution in [0.1, 0.15) is 11.1 Å². The standard InChI is InChI=1S/C23H22N4O2/c1-17-19(11-8-12-20(17)26-13-6-7-14-26)24-23-25-22(28)21(29-2)16-27(23)15-18-9-4-3-5-10-18/h3-14,16H,15H2,1-2H3,(H,24,25,28). The summed E-state index contributed by atoms with van der Waals surface area (Å²) in [5, 5.41) is 3.34. The van der Waals surface area contributed by atoms with E-state index in [1.807, 2.05) is 78.5 Å². The molecule has 0 radical (unpaired) electrons. The number of nitrogens with one attached hydrogen (secondary N) is 1. The van der Waals surface area contributed by atoms with Crippen LogP contribution in [0.4, 0.5) is 11.6 Å². The molecule has 0 aliphatic rings. The fraction of sp³-hybridized carbons (Fsp3) is 0.130. The van der Waals surface area contributed by atoms with Crippen molar-refractivity contribution in [3.8, 4) is 11.4 Å². The lowest BCUT2D eigenvalue weighted by atomic mass is 10.1. The molecule has 29 heavy (non-hydrogen) atoms. The molecule has 0 spiro atoms. The maximum absolute atomic E-state index is 12.3. The molecule has 1 N–H and O–H groups in total. The highest BCUT2D eigenvalue weighted by Crippen LogP contribution is 2.25. The molecule has 0 unspecified atom stereocenters. The van der Waals surface area contributed by atoms with E-state index in [1.54, 1.807) is 6.20 Å². The minimum absolute atomic E-state index is 0.212. The predicted octanol–water partition coefficient (Wildman–Crippen LogP) is 4.14. The lowest BCUT2D eigenvalue weighted by Crippen LogP contribution is -2.19. The minimum Gasteiger partial charge on any atom is -0.490 e. The molecular formula is C23H22N4O2. The summed E-state index contributed by atoms with van der Waals surface area (Å²) >= 11 is 0. The van der Waals surface area contributed by atoms with Crippen LogP contribution in [0, 0.1) is 6.92 Å². The van der Waals surface area contributed by atoms with E-state index in [-0.39, 0.29) is 5.75 Å². The zero-order chi connectivity index (χ0) is 20.2. The number of hydrogen-bond acceptors (Lipinski definition) is 4. The van der Waals surface area contributed by atoms with Crippen LogP contribution in [0.5, 0.6) is 5.75 Å². The van der Waals surface area contributed by atoms with Gasteiger partial charge in [-0.25, -0.2) is 0 Å². The van der Waals surface area contributed by atoms with Crippen molar-refractivity contribution in [2.24, 2.45) is 0 Å². The van der Waals surface area contributed by atoms with Gasteiger partial charge in [0.25, 0.3) is 0 Å². The van der Waals surface area contributed by atoms with Crippen LogP contribution in [0.2, 0.25) is 0 Å². The zero-order valence-corrected chi connectivity index (χ0v) is 16.4. The topological polar surface area (TPSA) is 61.1 Å². The van der Waals surface area contributed by atoms with Crippen LogP contribution >= 0.6 is 0 Å². The fourth-order valence-corrected chi connectivity index (χ4v) is 3.27. The summed E-state index contributed by atoms with van der Waals surface area (Å²) in [6.07, 6.45) is 5.70. The Morgan fingerprint density at radius 3 is 2.48 bits per heavy atom. The Labute approximate surface area is 169 Å². The highest BCUT2D eigenvalue weighted by atomic mass is 16.5. The summed E-state index contributed by atoms with van der Waals surface area (Å²) < 4.78 is 9.13. The molecule has 6 heteroatoms. The monoisotopic (exact) mass is 386 g/mol. The number of aromatic nitrogens is 3. The molecule has 4 aromatic rings. The Kier molecular flexibility index (Phi) is 5.16. The van der Waals surface area contributed by atoms with Gasteiger partial charge in [-0.2, -0.15) is 4.98 Å². The summed E-state index contributed by atoms with van der Waals surface area (Å²) in [6.45, 7) is 2.60. The van der Waals surface area contributed by atoms with Crippen molar-refractivity contribution in [1.29, 1.82) is 0 Å². The molecule has 0 bridgehead atoms. The number of anilines is 2. The van der Waals surface area contributed by atoms with Gasteiger partial charge in [-0.1, -0.05) is 36.4 Å². The van der Waals surface area contributed by atoms with E-state index in [2.05, 4.69) is 20.9 Å². The minimum atomic E-state index is -0.404. The number of hydrogen-bond donors (Lipinski definition) is 1. The maximum atomic E-state index is 12.3. The number of rotatable bonds is 6. The van der Waals surface area contributed by atoms with Crippen LogP contribution < -0.4 is 15.6 Å². The lowest BCUT2D eigenvalue weighted by Gasteiger charge is -2.18. The average Bonchev–Trinajstić information content (AvgIpc) is 3.27. The van der Waals surface area contributed by atoms with Crippen molar-refractivity contribution in [2.45, 2.75) is 13.5 Å². The average molecular weight is 386 g/mol. The molecule has 2 aromatic heterocycles. The van der Waals surface area contributed by atoms with E-state index in [0.717, 1.165) is 22.5 Å². The van der Waals surface area contributed by atoms with E-state index < -0.39 is 5.56 Å². The first-order chi connectivity index (χ1) is 14.2. The molecule has 0 aliphatic heterocycles. The van der Waals surface area contributed by atoms with Gasteiger partial charge in [0.1, 0.15) is 0 Å². The van der Waals surface area contributed by atoms with Gasteiger partial charge >= 0.3 is 5.56 Å². The Morgan fingerprint density at radius 2 is 1.76 bits per heavy atom. The molecule has 0 amide bonds. The first-order valence-electron chi connectivity index (χ1n) is 9.35. The first-order valence-corrected chi connectivity index (χ1v) is 9.35. The van der Waals surface area contributed by atoms with Crippen LogP contribution in [-0.4, -0.2) is 21.2 Å². The summed E-state index contributed by atoms with van der Waals surface area (Å²) in [4.78, 5) is 16.5. The van der Waals surface area contributed by atoms with Crippen molar-refractivity contribution in [3.63, 3.8) is 0 Å². The van der Waals surface area contributed by atoms with Gasteiger partial charge < -0.3 is 19.2 Å². The highest BCUT2D eigenvalue weighted by molar-refractivity contribution is 5.64. The van der Waals surface area contributed by atoms with Gasteiger partial charge in [0, 0.05) is 23.8 Å². The number of nitrogens with zero attached hydrogens (tertiary/aromatic N) is 3. The third kappa shape index (κ3) is 3.91. The van der Waals surface area contributed by atoms with E-state index in [4.69, 9.17) is 4.74 Å². The fourth-order valence-electron chi connectivity index (χ4n) is 3.27. The second-order valence-electron chi connectivity index (χ2n) is 6.72. The van der Waals surface area contributed by atoms with Gasteiger partial charge in [-0.15, -0.1) is 0 Å². The molecule has 146 valence electrons. The molecule has 6 nitrogen and oxygen atoms in total. The second kappa shape index (κ2) is 8.06. The third-order valence-corrected chi connectivity index (χ3v) is 4.81. The van der Waals surface area contributed by atoms with Crippen molar-refractivity contribution in [2.75, 3.05) is 12.4 Å². The summed E-state index contributed by atoms with van der Waals surface area (Å²) in [5.74, 6) is 0.678. The molecule has 0 saturated carbocycles. The molecule has 0 fully saturated rings. The van der Waals surface area contributed by atoms with Gasteiger partial charge in [-0.3, -0.25) is 4.79 Å². The summed E-state index contributed by atoms with van der Waals surface area (Å²) in [6, 6.07) is 20.0.